The van der Waals surface area contributed by atoms with Gasteiger partial charge in [0.25, 0.3) is 0 Å². The zero-order chi connectivity index (χ0) is 9.14. The van der Waals surface area contributed by atoms with Gasteiger partial charge in [0.15, 0.2) is 6.33 Å². The normalized spacial score (nSPS) is 10.2. The van der Waals surface area contributed by atoms with Gasteiger partial charge in [0, 0.05) is 6.54 Å². The van der Waals surface area contributed by atoms with Gasteiger partial charge >= 0.3 is 5.82 Å². The molecule has 6 nitrogen and oxygen atoms in total. The number of aryl methyl sites for hydroxylation is 1. The quantitative estimate of drug-likeness (QED) is 0.513. The van der Waals surface area contributed by atoms with Gasteiger partial charge < -0.3 is 15.8 Å². The Labute approximate surface area is 69.2 Å². The first-order valence-electron chi connectivity index (χ1n) is 3.53. The number of rotatable bonds is 3. The van der Waals surface area contributed by atoms with E-state index in [1.165, 1.54) is 10.9 Å². The first-order chi connectivity index (χ1) is 5.66. The molecule has 0 amide bonds. The zero-order valence-corrected chi connectivity index (χ0v) is 6.73. The van der Waals surface area contributed by atoms with E-state index >= 15 is 0 Å². The highest BCUT2D eigenvalue weighted by Crippen LogP contribution is 2.14. The summed E-state index contributed by atoms with van der Waals surface area (Å²) >= 11 is 0. The molecule has 1 aromatic rings. The molecule has 0 spiro atoms. The second-order valence-corrected chi connectivity index (χ2v) is 2.39. The first kappa shape index (κ1) is 8.66. The average molecular weight is 170 g/mol. The SMILES string of the molecule is Cc1ncn(CCN)c1[N+](=O)[O-]. The van der Waals surface area contributed by atoms with E-state index in [0.717, 1.165) is 0 Å². The maximum atomic E-state index is 10.5. The molecule has 0 aliphatic heterocycles. The summed E-state index contributed by atoms with van der Waals surface area (Å²) < 4.78 is 1.44. The lowest BCUT2D eigenvalue weighted by Crippen LogP contribution is -2.11. The van der Waals surface area contributed by atoms with Crippen LogP contribution in [0.15, 0.2) is 6.33 Å². The van der Waals surface area contributed by atoms with E-state index < -0.39 is 4.92 Å². The Morgan fingerprint density at radius 1 is 1.83 bits per heavy atom. The van der Waals surface area contributed by atoms with Gasteiger partial charge in [-0.3, -0.25) is 0 Å². The van der Waals surface area contributed by atoms with Crippen molar-refractivity contribution in [1.82, 2.24) is 9.55 Å². The summed E-state index contributed by atoms with van der Waals surface area (Å²) in [5.41, 5.74) is 5.69. The molecule has 12 heavy (non-hydrogen) atoms. The van der Waals surface area contributed by atoms with Gasteiger partial charge in [0.05, 0.1) is 0 Å². The van der Waals surface area contributed by atoms with Crippen LogP contribution in [0, 0.1) is 17.0 Å². The van der Waals surface area contributed by atoms with Gasteiger partial charge in [-0.05, 0) is 11.8 Å². The fourth-order valence-corrected chi connectivity index (χ4v) is 1.02. The third-order valence-corrected chi connectivity index (χ3v) is 1.53. The van der Waals surface area contributed by atoms with Gasteiger partial charge in [-0.2, -0.15) is 0 Å². The Kier molecular flexibility index (Phi) is 2.39. The summed E-state index contributed by atoms with van der Waals surface area (Å²) in [6, 6.07) is 0. The minimum atomic E-state index is -0.446. The highest BCUT2D eigenvalue weighted by atomic mass is 16.6. The summed E-state index contributed by atoms with van der Waals surface area (Å²) in [6.07, 6.45) is 1.43. The monoisotopic (exact) mass is 170 g/mol. The van der Waals surface area contributed by atoms with Crippen molar-refractivity contribution in [2.45, 2.75) is 13.5 Å². The van der Waals surface area contributed by atoms with E-state index in [2.05, 4.69) is 4.98 Å². The molecule has 0 fully saturated rings. The molecule has 0 radical (unpaired) electrons. The molecule has 2 N–H and O–H groups in total. The summed E-state index contributed by atoms with van der Waals surface area (Å²) in [7, 11) is 0. The topological polar surface area (TPSA) is 87.0 Å². The Bertz CT molecular complexity index is 294. The summed E-state index contributed by atoms with van der Waals surface area (Å²) in [6.45, 7) is 2.40. The van der Waals surface area contributed by atoms with Crippen LogP contribution in [0.3, 0.4) is 0 Å². The summed E-state index contributed by atoms with van der Waals surface area (Å²) in [5, 5.41) is 10.5. The van der Waals surface area contributed by atoms with Crippen molar-refractivity contribution in [1.29, 1.82) is 0 Å². The van der Waals surface area contributed by atoms with E-state index in [1.807, 2.05) is 0 Å². The van der Waals surface area contributed by atoms with Crippen LogP contribution in [0.1, 0.15) is 5.69 Å². The predicted octanol–water partition coefficient (Wildman–Crippen LogP) is 0.0584. The third-order valence-electron chi connectivity index (χ3n) is 1.53. The minimum Gasteiger partial charge on any atom is -0.358 e. The average Bonchev–Trinajstić information content (AvgIpc) is 2.32. The molecule has 0 bridgehead atoms. The van der Waals surface area contributed by atoms with E-state index in [9.17, 15) is 10.1 Å². The number of nitro groups is 1. The number of aromatic nitrogens is 2. The molecular weight excluding hydrogens is 160 g/mol. The molecule has 0 aliphatic carbocycles. The fourth-order valence-electron chi connectivity index (χ4n) is 1.02. The molecule has 0 saturated carbocycles. The second kappa shape index (κ2) is 3.31. The molecule has 66 valence electrons. The van der Waals surface area contributed by atoms with E-state index in [1.54, 1.807) is 6.92 Å². The Morgan fingerprint density at radius 3 is 3.00 bits per heavy atom. The van der Waals surface area contributed by atoms with E-state index in [-0.39, 0.29) is 5.82 Å². The smallest absolute Gasteiger partial charge is 0.345 e. The predicted molar refractivity (Wildman–Crippen MR) is 42.7 cm³/mol. The van der Waals surface area contributed by atoms with Crippen LogP contribution < -0.4 is 5.73 Å². The van der Waals surface area contributed by atoms with Crippen LogP contribution in [-0.4, -0.2) is 21.0 Å². The maximum absolute atomic E-state index is 10.5. The van der Waals surface area contributed by atoms with Crippen LogP contribution >= 0.6 is 0 Å². The molecule has 0 unspecified atom stereocenters. The van der Waals surface area contributed by atoms with Gasteiger partial charge in [-0.15, -0.1) is 0 Å². The molecule has 1 heterocycles. The van der Waals surface area contributed by atoms with Crippen LogP contribution in [0.25, 0.3) is 0 Å². The lowest BCUT2D eigenvalue weighted by atomic mass is 10.5. The first-order valence-corrected chi connectivity index (χ1v) is 3.53. The standard InChI is InChI=1S/C6H10N4O2/c1-5-6(10(11)12)9(3-2-7)4-8-5/h4H,2-3,7H2,1H3. The Morgan fingerprint density at radius 2 is 2.50 bits per heavy atom. The Balaban J connectivity index is 3.04. The lowest BCUT2D eigenvalue weighted by molar-refractivity contribution is -0.392. The molecule has 0 aromatic carbocycles. The number of nitrogens with zero attached hydrogens (tertiary/aromatic N) is 3. The number of imidazole rings is 1. The fraction of sp³-hybridized carbons (Fsp3) is 0.500. The molecule has 6 heteroatoms. The highest BCUT2D eigenvalue weighted by Gasteiger charge is 2.16. The second-order valence-electron chi connectivity index (χ2n) is 2.39. The molecule has 0 aliphatic rings. The van der Waals surface area contributed by atoms with Crippen molar-refractivity contribution in [3.05, 3.63) is 22.1 Å². The van der Waals surface area contributed by atoms with Crippen LogP contribution in [-0.2, 0) is 6.54 Å². The van der Waals surface area contributed by atoms with E-state index in [4.69, 9.17) is 5.73 Å². The van der Waals surface area contributed by atoms with Gasteiger partial charge in [0.1, 0.15) is 12.2 Å². The van der Waals surface area contributed by atoms with Crippen molar-refractivity contribution in [3.8, 4) is 0 Å². The molecule has 0 saturated heterocycles. The Hall–Kier alpha value is -1.43. The molecule has 0 atom stereocenters. The molecule has 1 rings (SSSR count). The van der Waals surface area contributed by atoms with Crippen molar-refractivity contribution in [3.63, 3.8) is 0 Å². The zero-order valence-electron chi connectivity index (χ0n) is 6.73. The minimum absolute atomic E-state index is 0.0282. The largest absolute Gasteiger partial charge is 0.358 e. The van der Waals surface area contributed by atoms with Gasteiger partial charge in [0.2, 0.25) is 0 Å². The highest BCUT2D eigenvalue weighted by molar-refractivity contribution is 5.26. The lowest BCUT2D eigenvalue weighted by Gasteiger charge is -1.97. The summed E-state index contributed by atoms with van der Waals surface area (Å²) in [5.74, 6) is 0.0282. The van der Waals surface area contributed by atoms with Crippen molar-refractivity contribution < 1.29 is 4.92 Å². The molecule has 1 aromatic heterocycles. The van der Waals surface area contributed by atoms with Crippen LogP contribution in [0.2, 0.25) is 0 Å². The number of hydrogen-bond acceptors (Lipinski definition) is 4. The van der Waals surface area contributed by atoms with Crippen molar-refractivity contribution in [2.24, 2.45) is 5.73 Å². The van der Waals surface area contributed by atoms with Gasteiger partial charge in [-0.1, -0.05) is 0 Å². The third kappa shape index (κ3) is 1.42. The van der Waals surface area contributed by atoms with Gasteiger partial charge in [-0.25, -0.2) is 9.55 Å². The molecular formula is C6H10N4O2. The number of hydrogen-bond donors (Lipinski definition) is 1. The van der Waals surface area contributed by atoms with Crippen molar-refractivity contribution in [2.75, 3.05) is 6.54 Å². The maximum Gasteiger partial charge on any atom is 0.345 e. The van der Waals surface area contributed by atoms with Crippen molar-refractivity contribution >= 4 is 5.82 Å². The number of nitrogens with two attached hydrogens (primary N) is 1. The van der Waals surface area contributed by atoms with E-state index in [0.29, 0.717) is 18.8 Å². The van der Waals surface area contributed by atoms with Crippen LogP contribution in [0.4, 0.5) is 5.82 Å². The summed E-state index contributed by atoms with van der Waals surface area (Å²) in [4.78, 5) is 13.9. The van der Waals surface area contributed by atoms with Crippen LogP contribution in [0.5, 0.6) is 0 Å².